The number of nitrogens with one attached hydrogen (secondary N) is 1. The van der Waals surface area contributed by atoms with E-state index < -0.39 is 0 Å². The van der Waals surface area contributed by atoms with E-state index in [9.17, 15) is 0 Å². The second-order valence-electron chi connectivity index (χ2n) is 5.03. The Morgan fingerprint density at radius 1 is 1.32 bits per heavy atom. The number of thioether (sulfide) groups is 1. The fourth-order valence-corrected chi connectivity index (χ4v) is 3.86. The van der Waals surface area contributed by atoms with Gasteiger partial charge in [0.25, 0.3) is 0 Å². The summed E-state index contributed by atoms with van der Waals surface area (Å²) >= 11 is 2.07. The summed E-state index contributed by atoms with van der Waals surface area (Å²) in [4.78, 5) is 4.76. The van der Waals surface area contributed by atoms with Gasteiger partial charge in [-0.15, -0.1) is 0 Å². The number of imidazole rings is 1. The quantitative estimate of drug-likeness (QED) is 0.930. The van der Waals surface area contributed by atoms with Gasteiger partial charge in [0, 0.05) is 12.6 Å². The standard InChI is InChI=1S/C15H21N3S/c1-2-18-14-6-4-3-5-13(14)17-15(18)11-16-12-7-9-19-10-8-12/h3-6,12,16H,2,7-11H2,1H3. The summed E-state index contributed by atoms with van der Waals surface area (Å²) in [5, 5.41) is 3.68. The van der Waals surface area contributed by atoms with E-state index in [-0.39, 0.29) is 0 Å². The molecule has 19 heavy (non-hydrogen) atoms. The van der Waals surface area contributed by atoms with Crippen molar-refractivity contribution >= 4 is 22.8 Å². The SMILES string of the molecule is CCn1c(CNC2CCSCC2)nc2ccccc21. The van der Waals surface area contributed by atoms with Crippen molar-refractivity contribution in [2.45, 2.75) is 38.9 Å². The van der Waals surface area contributed by atoms with E-state index in [0.717, 1.165) is 18.6 Å². The summed E-state index contributed by atoms with van der Waals surface area (Å²) in [6.07, 6.45) is 2.58. The number of rotatable bonds is 4. The number of para-hydroxylation sites is 2. The van der Waals surface area contributed by atoms with Crippen LogP contribution < -0.4 is 5.32 Å². The number of hydrogen-bond acceptors (Lipinski definition) is 3. The van der Waals surface area contributed by atoms with Crippen molar-refractivity contribution < 1.29 is 0 Å². The molecule has 1 aromatic carbocycles. The lowest BCUT2D eigenvalue weighted by Crippen LogP contribution is -2.32. The van der Waals surface area contributed by atoms with Crippen molar-refractivity contribution in [3.8, 4) is 0 Å². The van der Waals surface area contributed by atoms with Crippen LogP contribution in [-0.2, 0) is 13.1 Å². The highest BCUT2D eigenvalue weighted by atomic mass is 32.2. The minimum Gasteiger partial charge on any atom is -0.327 e. The summed E-state index contributed by atoms with van der Waals surface area (Å²) in [5.41, 5.74) is 2.36. The molecule has 0 atom stereocenters. The predicted molar refractivity (Wildman–Crippen MR) is 82.6 cm³/mol. The molecule has 1 aliphatic heterocycles. The fourth-order valence-electron chi connectivity index (χ4n) is 2.75. The Bertz CT molecular complexity index is 543. The third kappa shape index (κ3) is 2.79. The zero-order valence-corrected chi connectivity index (χ0v) is 12.2. The van der Waals surface area contributed by atoms with E-state index in [1.165, 1.54) is 35.7 Å². The van der Waals surface area contributed by atoms with Gasteiger partial charge in [-0.3, -0.25) is 0 Å². The highest BCUT2D eigenvalue weighted by Crippen LogP contribution is 2.19. The molecule has 0 radical (unpaired) electrons. The zero-order valence-electron chi connectivity index (χ0n) is 11.4. The molecule has 0 amide bonds. The third-order valence-corrected chi connectivity index (χ3v) is 4.87. The van der Waals surface area contributed by atoms with Crippen LogP contribution in [0.15, 0.2) is 24.3 Å². The van der Waals surface area contributed by atoms with Crippen molar-refractivity contribution in [1.82, 2.24) is 14.9 Å². The molecule has 2 heterocycles. The topological polar surface area (TPSA) is 29.9 Å². The molecule has 102 valence electrons. The third-order valence-electron chi connectivity index (χ3n) is 3.82. The Hall–Kier alpha value is -1.00. The van der Waals surface area contributed by atoms with Crippen LogP contribution in [0.5, 0.6) is 0 Å². The molecule has 2 aromatic rings. The van der Waals surface area contributed by atoms with Crippen molar-refractivity contribution in [2.75, 3.05) is 11.5 Å². The normalized spacial score (nSPS) is 17.1. The number of aromatic nitrogens is 2. The maximum absolute atomic E-state index is 4.76. The van der Waals surface area contributed by atoms with Crippen LogP contribution >= 0.6 is 11.8 Å². The summed E-state index contributed by atoms with van der Waals surface area (Å²) in [6.45, 7) is 4.06. The number of benzene rings is 1. The average Bonchev–Trinajstić information content (AvgIpc) is 2.83. The molecule has 0 saturated carbocycles. The monoisotopic (exact) mass is 275 g/mol. The van der Waals surface area contributed by atoms with E-state index in [2.05, 4.69) is 52.8 Å². The van der Waals surface area contributed by atoms with E-state index in [1.54, 1.807) is 0 Å². The van der Waals surface area contributed by atoms with Crippen LogP contribution in [-0.4, -0.2) is 27.1 Å². The summed E-state index contributed by atoms with van der Waals surface area (Å²) in [5.74, 6) is 3.76. The van der Waals surface area contributed by atoms with Gasteiger partial charge in [-0.25, -0.2) is 4.98 Å². The van der Waals surface area contributed by atoms with E-state index >= 15 is 0 Å². The number of fused-ring (bicyclic) bond motifs is 1. The molecule has 0 bridgehead atoms. The van der Waals surface area contributed by atoms with Crippen LogP contribution in [0, 0.1) is 0 Å². The van der Waals surface area contributed by atoms with Gasteiger partial charge in [-0.2, -0.15) is 11.8 Å². The average molecular weight is 275 g/mol. The van der Waals surface area contributed by atoms with Crippen molar-refractivity contribution in [2.24, 2.45) is 0 Å². The molecule has 1 aromatic heterocycles. The van der Waals surface area contributed by atoms with Crippen LogP contribution in [0.1, 0.15) is 25.6 Å². The molecular weight excluding hydrogens is 254 g/mol. The van der Waals surface area contributed by atoms with E-state index in [1.807, 2.05) is 0 Å². The first kappa shape index (κ1) is 13.0. The lowest BCUT2D eigenvalue weighted by atomic mass is 10.1. The molecular formula is C15H21N3S. The number of nitrogens with zero attached hydrogens (tertiary/aromatic N) is 2. The van der Waals surface area contributed by atoms with Gasteiger partial charge in [0.2, 0.25) is 0 Å². The maximum atomic E-state index is 4.76. The Morgan fingerprint density at radius 2 is 2.11 bits per heavy atom. The molecule has 1 N–H and O–H groups in total. The molecule has 0 unspecified atom stereocenters. The lowest BCUT2D eigenvalue weighted by molar-refractivity contribution is 0.468. The second-order valence-corrected chi connectivity index (χ2v) is 6.25. The predicted octanol–water partition coefficient (Wildman–Crippen LogP) is 3.04. The van der Waals surface area contributed by atoms with Crippen molar-refractivity contribution in [3.05, 3.63) is 30.1 Å². The van der Waals surface area contributed by atoms with Crippen LogP contribution in [0.25, 0.3) is 11.0 Å². The molecule has 1 aliphatic rings. The van der Waals surface area contributed by atoms with Gasteiger partial charge in [0.1, 0.15) is 5.82 Å². The van der Waals surface area contributed by atoms with Gasteiger partial charge in [-0.1, -0.05) is 12.1 Å². The molecule has 3 rings (SSSR count). The Morgan fingerprint density at radius 3 is 2.89 bits per heavy atom. The maximum Gasteiger partial charge on any atom is 0.123 e. The Labute approximate surface area is 118 Å². The molecule has 0 aliphatic carbocycles. The van der Waals surface area contributed by atoms with Gasteiger partial charge < -0.3 is 9.88 Å². The fraction of sp³-hybridized carbons (Fsp3) is 0.533. The van der Waals surface area contributed by atoms with E-state index in [4.69, 9.17) is 4.98 Å². The summed E-state index contributed by atoms with van der Waals surface area (Å²) in [6, 6.07) is 9.08. The largest absolute Gasteiger partial charge is 0.327 e. The second kappa shape index (κ2) is 5.97. The number of hydrogen-bond donors (Lipinski definition) is 1. The van der Waals surface area contributed by atoms with Crippen molar-refractivity contribution in [1.29, 1.82) is 0 Å². The summed E-state index contributed by atoms with van der Waals surface area (Å²) < 4.78 is 2.32. The first-order valence-electron chi connectivity index (χ1n) is 7.13. The first-order chi connectivity index (χ1) is 9.38. The van der Waals surface area contributed by atoms with Gasteiger partial charge in [-0.05, 0) is 43.4 Å². The molecule has 1 fully saturated rings. The highest BCUT2D eigenvalue weighted by Gasteiger charge is 2.15. The zero-order chi connectivity index (χ0) is 13.1. The first-order valence-corrected chi connectivity index (χ1v) is 8.29. The van der Waals surface area contributed by atoms with Gasteiger partial charge in [0.05, 0.1) is 17.6 Å². The molecule has 3 nitrogen and oxygen atoms in total. The minimum absolute atomic E-state index is 0.673. The minimum atomic E-state index is 0.673. The molecule has 1 saturated heterocycles. The molecule has 4 heteroatoms. The lowest BCUT2D eigenvalue weighted by Gasteiger charge is -2.22. The Kier molecular flexibility index (Phi) is 4.09. The number of aryl methyl sites for hydroxylation is 1. The van der Waals surface area contributed by atoms with Crippen LogP contribution in [0.3, 0.4) is 0 Å². The molecule has 0 spiro atoms. The van der Waals surface area contributed by atoms with Crippen LogP contribution in [0.4, 0.5) is 0 Å². The van der Waals surface area contributed by atoms with Gasteiger partial charge in [0.15, 0.2) is 0 Å². The van der Waals surface area contributed by atoms with Crippen LogP contribution in [0.2, 0.25) is 0 Å². The summed E-state index contributed by atoms with van der Waals surface area (Å²) in [7, 11) is 0. The highest BCUT2D eigenvalue weighted by molar-refractivity contribution is 7.99. The Balaban J connectivity index is 1.76. The van der Waals surface area contributed by atoms with E-state index in [0.29, 0.717) is 6.04 Å². The van der Waals surface area contributed by atoms with Gasteiger partial charge >= 0.3 is 0 Å². The smallest absolute Gasteiger partial charge is 0.123 e. The van der Waals surface area contributed by atoms with Crippen molar-refractivity contribution in [3.63, 3.8) is 0 Å².